The number of nitrogens with one attached hydrogen (secondary N) is 1. The molecule has 134 valence electrons. The van der Waals surface area contributed by atoms with E-state index < -0.39 is 0 Å². The first-order valence-corrected chi connectivity index (χ1v) is 9.15. The quantitative estimate of drug-likeness (QED) is 0.476. The Morgan fingerprint density at radius 3 is 2.58 bits per heavy atom. The number of thiocarbonyl (C=S) groups is 1. The fourth-order valence-electron chi connectivity index (χ4n) is 4.06. The number of pyridine rings is 1. The highest BCUT2D eigenvalue weighted by Gasteiger charge is 2.26. The Labute approximate surface area is 154 Å². The predicted octanol–water partition coefficient (Wildman–Crippen LogP) is 2.95. The molecule has 4 rings (SSSR count). The summed E-state index contributed by atoms with van der Waals surface area (Å²) in [6, 6.07) is 7.22. The Hall–Kier alpha value is -2.67. The summed E-state index contributed by atoms with van der Waals surface area (Å²) in [5, 5.41) is 9.68. The highest BCUT2D eigenvalue weighted by atomic mass is 32.1. The van der Waals surface area contributed by atoms with Crippen LogP contribution in [0.15, 0.2) is 33.5 Å². The van der Waals surface area contributed by atoms with Crippen LogP contribution in [-0.2, 0) is 0 Å². The largest absolute Gasteiger partial charge is 0.438 e. The smallest absolute Gasteiger partial charge is 0.265 e. The van der Waals surface area contributed by atoms with Gasteiger partial charge in [0.1, 0.15) is 21.8 Å². The number of para-hydroxylation sites is 1. The van der Waals surface area contributed by atoms with Gasteiger partial charge in [0.2, 0.25) is 5.55 Å². The van der Waals surface area contributed by atoms with Gasteiger partial charge in [-0.1, -0.05) is 49.7 Å². The molecule has 2 aromatic heterocycles. The van der Waals surface area contributed by atoms with Gasteiger partial charge in [-0.05, 0) is 18.9 Å². The van der Waals surface area contributed by atoms with Crippen molar-refractivity contribution < 1.29 is 4.42 Å². The topological polar surface area (TPSA) is 111 Å². The monoisotopic (exact) mass is 368 g/mol. The van der Waals surface area contributed by atoms with Crippen LogP contribution in [0.25, 0.3) is 21.7 Å². The standard InChI is InChI=1S/C19H20N4O2S/c20-16-14(18(22)26)13-11-8-4-5-9-12(11)25-17(21)15(13)19(24)23(16)10-6-2-1-3-7-10/h4-5,8-10,21H,1-3,6-7,20H2,(H2,22,26). The van der Waals surface area contributed by atoms with Crippen LogP contribution in [0.5, 0.6) is 0 Å². The van der Waals surface area contributed by atoms with Gasteiger partial charge in [-0.3, -0.25) is 14.8 Å². The Balaban J connectivity index is 2.22. The number of rotatable bonds is 2. The minimum Gasteiger partial charge on any atom is -0.438 e. The van der Waals surface area contributed by atoms with Crippen molar-refractivity contribution in [1.29, 1.82) is 5.41 Å². The summed E-state index contributed by atoms with van der Waals surface area (Å²) in [4.78, 5) is 13.4. The second kappa shape index (κ2) is 6.25. The minimum absolute atomic E-state index is 0.000352. The summed E-state index contributed by atoms with van der Waals surface area (Å²) in [7, 11) is 0. The van der Waals surface area contributed by atoms with E-state index in [-0.39, 0.29) is 33.3 Å². The Bertz CT molecular complexity index is 1160. The number of aromatic nitrogens is 1. The molecule has 2 heterocycles. The van der Waals surface area contributed by atoms with E-state index in [0.29, 0.717) is 21.9 Å². The average molecular weight is 368 g/mol. The molecule has 0 aliphatic heterocycles. The maximum atomic E-state index is 13.3. The van der Waals surface area contributed by atoms with Crippen LogP contribution in [0.3, 0.4) is 0 Å². The van der Waals surface area contributed by atoms with E-state index >= 15 is 0 Å². The van der Waals surface area contributed by atoms with Gasteiger partial charge in [0.05, 0.1) is 5.56 Å². The molecule has 0 unspecified atom stereocenters. The van der Waals surface area contributed by atoms with E-state index in [0.717, 1.165) is 32.1 Å². The molecule has 0 atom stereocenters. The molecule has 26 heavy (non-hydrogen) atoms. The fourth-order valence-corrected chi connectivity index (χ4v) is 4.27. The lowest BCUT2D eigenvalue weighted by Crippen LogP contribution is -2.34. The fraction of sp³-hybridized carbons (Fsp3) is 0.316. The molecule has 1 aliphatic carbocycles. The first-order valence-electron chi connectivity index (χ1n) is 8.74. The first kappa shape index (κ1) is 16.8. The lowest BCUT2D eigenvalue weighted by molar-refractivity contribution is 0.350. The Morgan fingerprint density at radius 2 is 1.88 bits per heavy atom. The number of nitrogen functional groups attached to an aromatic ring is 1. The molecular formula is C19H20N4O2S. The third-order valence-corrected chi connectivity index (χ3v) is 5.43. The molecule has 1 aliphatic rings. The van der Waals surface area contributed by atoms with Crippen LogP contribution < -0.4 is 22.6 Å². The average Bonchev–Trinajstić information content (AvgIpc) is 2.62. The summed E-state index contributed by atoms with van der Waals surface area (Å²) in [5.74, 6) is 0.289. The molecule has 0 amide bonds. The minimum atomic E-state index is -0.302. The van der Waals surface area contributed by atoms with E-state index in [1.165, 1.54) is 0 Å². The molecule has 0 bridgehead atoms. The summed E-state index contributed by atoms with van der Waals surface area (Å²) in [6.45, 7) is 0. The number of benzene rings is 1. The van der Waals surface area contributed by atoms with E-state index in [2.05, 4.69) is 0 Å². The molecule has 6 nitrogen and oxygen atoms in total. The second-order valence-corrected chi connectivity index (χ2v) is 7.21. The van der Waals surface area contributed by atoms with E-state index in [1.807, 2.05) is 18.2 Å². The second-order valence-electron chi connectivity index (χ2n) is 6.77. The number of hydrogen-bond donors (Lipinski definition) is 3. The van der Waals surface area contributed by atoms with Crippen LogP contribution >= 0.6 is 12.2 Å². The molecule has 0 radical (unpaired) electrons. The van der Waals surface area contributed by atoms with E-state index in [9.17, 15) is 4.79 Å². The van der Waals surface area contributed by atoms with Gasteiger partial charge in [0.25, 0.3) is 5.56 Å². The molecule has 3 aromatic rings. The number of hydrogen-bond acceptors (Lipinski definition) is 5. The van der Waals surface area contributed by atoms with Crippen molar-refractivity contribution in [2.45, 2.75) is 38.1 Å². The molecule has 7 heteroatoms. The maximum Gasteiger partial charge on any atom is 0.265 e. The summed E-state index contributed by atoms with van der Waals surface area (Å²) in [5.41, 5.74) is 12.9. The third-order valence-electron chi connectivity index (χ3n) is 5.23. The molecule has 1 saturated carbocycles. The van der Waals surface area contributed by atoms with Crippen LogP contribution in [0, 0.1) is 5.41 Å². The SMILES string of the molecule is N=c1oc2ccccc2c2c(C(N)=S)c(N)n(C3CCCCC3)c(=O)c12. The van der Waals surface area contributed by atoms with E-state index in [1.54, 1.807) is 10.6 Å². The van der Waals surface area contributed by atoms with Gasteiger partial charge in [0, 0.05) is 16.8 Å². The first-order chi connectivity index (χ1) is 12.5. The van der Waals surface area contributed by atoms with Gasteiger partial charge < -0.3 is 15.9 Å². The van der Waals surface area contributed by atoms with Gasteiger partial charge in [0.15, 0.2) is 0 Å². The van der Waals surface area contributed by atoms with Crippen LogP contribution in [0.1, 0.15) is 43.7 Å². The van der Waals surface area contributed by atoms with Crippen LogP contribution in [-0.4, -0.2) is 9.56 Å². The normalized spacial score (nSPS) is 15.5. The summed E-state index contributed by atoms with van der Waals surface area (Å²) < 4.78 is 7.18. The van der Waals surface area contributed by atoms with Crippen LogP contribution in [0.2, 0.25) is 0 Å². The highest BCUT2D eigenvalue weighted by Crippen LogP contribution is 2.33. The molecule has 0 spiro atoms. The molecule has 0 saturated heterocycles. The molecule has 1 fully saturated rings. The van der Waals surface area contributed by atoms with Crippen molar-refractivity contribution in [2.24, 2.45) is 5.73 Å². The van der Waals surface area contributed by atoms with Gasteiger partial charge in [-0.15, -0.1) is 0 Å². The van der Waals surface area contributed by atoms with Crippen molar-refractivity contribution >= 4 is 44.8 Å². The Morgan fingerprint density at radius 1 is 1.19 bits per heavy atom. The van der Waals surface area contributed by atoms with Crippen molar-refractivity contribution in [3.05, 3.63) is 45.7 Å². The number of nitrogens with zero attached hydrogens (tertiary/aromatic N) is 1. The van der Waals surface area contributed by atoms with Crippen molar-refractivity contribution in [1.82, 2.24) is 4.57 Å². The molecule has 5 N–H and O–H groups in total. The molecule has 1 aromatic carbocycles. The van der Waals surface area contributed by atoms with Gasteiger partial charge in [-0.2, -0.15) is 0 Å². The van der Waals surface area contributed by atoms with Crippen LogP contribution in [0.4, 0.5) is 5.82 Å². The summed E-state index contributed by atoms with van der Waals surface area (Å²) >= 11 is 5.28. The van der Waals surface area contributed by atoms with Crippen molar-refractivity contribution in [3.63, 3.8) is 0 Å². The highest BCUT2D eigenvalue weighted by molar-refractivity contribution is 7.80. The van der Waals surface area contributed by atoms with Gasteiger partial charge >= 0.3 is 0 Å². The van der Waals surface area contributed by atoms with Gasteiger partial charge in [-0.25, -0.2) is 0 Å². The predicted molar refractivity (Wildman–Crippen MR) is 106 cm³/mol. The number of fused-ring (bicyclic) bond motifs is 3. The van der Waals surface area contributed by atoms with Crippen molar-refractivity contribution in [3.8, 4) is 0 Å². The number of nitrogens with two attached hydrogens (primary N) is 2. The van der Waals surface area contributed by atoms with Crippen molar-refractivity contribution in [2.75, 3.05) is 5.73 Å². The summed E-state index contributed by atoms with van der Waals surface area (Å²) in [6.07, 6.45) is 5.01. The lowest BCUT2D eigenvalue weighted by Gasteiger charge is -2.27. The zero-order chi connectivity index (χ0) is 18.4. The Kier molecular flexibility index (Phi) is 4.03. The molecular weight excluding hydrogens is 348 g/mol. The zero-order valence-electron chi connectivity index (χ0n) is 14.2. The number of anilines is 1. The third kappa shape index (κ3) is 2.42. The zero-order valence-corrected chi connectivity index (χ0v) is 15.1. The maximum absolute atomic E-state index is 13.3. The van der Waals surface area contributed by atoms with E-state index in [4.69, 9.17) is 33.5 Å². The lowest BCUT2D eigenvalue weighted by atomic mass is 9.94.